The smallest absolute Gasteiger partial charge is 0.238 e. The molecule has 0 bridgehead atoms. The van der Waals surface area contributed by atoms with Crippen molar-refractivity contribution in [3.63, 3.8) is 0 Å². The number of hydrogen-bond donors (Lipinski definition) is 1. The van der Waals surface area contributed by atoms with Gasteiger partial charge in [-0.05, 0) is 44.5 Å². The van der Waals surface area contributed by atoms with Gasteiger partial charge in [0.1, 0.15) is 5.82 Å². The fourth-order valence-corrected chi connectivity index (χ4v) is 2.72. The average molecular weight is 359 g/mol. The summed E-state index contributed by atoms with van der Waals surface area (Å²) in [6, 6.07) is 4.56. The molecular formula is C15H20BrFN2O2. The van der Waals surface area contributed by atoms with E-state index in [0.29, 0.717) is 4.47 Å². The average Bonchev–Trinajstić information content (AvgIpc) is 2.43. The standard InChI is InChI=1S/C15H20BrFN2O2/c1-19(9-12-4-2-3-7-21-12)10-15(20)18-14-6-5-11(16)8-13(14)17/h5-6,8,12H,2-4,7,9-10H2,1H3,(H,18,20). The van der Waals surface area contributed by atoms with E-state index in [2.05, 4.69) is 21.2 Å². The van der Waals surface area contributed by atoms with E-state index in [0.717, 1.165) is 26.0 Å². The molecule has 1 amide bonds. The lowest BCUT2D eigenvalue weighted by molar-refractivity contribution is -0.117. The van der Waals surface area contributed by atoms with Gasteiger partial charge in [0.25, 0.3) is 0 Å². The second kappa shape index (κ2) is 7.87. The van der Waals surface area contributed by atoms with Gasteiger partial charge in [-0.3, -0.25) is 9.69 Å². The van der Waals surface area contributed by atoms with Crippen LogP contribution in [0.5, 0.6) is 0 Å². The van der Waals surface area contributed by atoms with Crippen molar-refractivity contribution >= 4 is 27.5 Å². The number of amides is 1. The quantitative estimate of drug-likeness (QED) is 0.879. The zero-order valence-electron chi connectivity index (χ0n) is 12.1. The number of halogens is 2. The van der Waals surface area contributed by atoms with Crippen molar-refractivity contribution in [1.29, 1.82) is 0 Å². The van der Waals surface area contributed by atoms with E-state index < -0.39 is 5.82 Å². The summed E-state index contributed by atoms with van der Waals surface area (Å²) < 4.78 is 19.9. The van der Waals surface area contributed by atoms with Gasteiger partial charge < -0.3 is 10.1 Å². The fraction of sp³-hybridized carbons (Fsp3) is 0.533. The topological polar surface area (TPSA) is 41.6 Å². The highest BCUT2D eigenvalue weighted by Crippen LogP contribution is 2.19. The van der Waals surface area contributed by atoms with Crippen molar-refractivity contribution in [2.45, 2.75) is 25.4 Å². The molecular weight excluding hydrogens is 339 g/mol. The van der Waals surface area contributed by atoms with Crippen LogP contribution in [0.4, 0.5) is 10.1 Å². The van der Waals surface area contributed by atoms with E-state index in [-0.39, 0.29) is 24.2 Å². The molecule has 2 rings (SSSR count). The van der Waals surface area contributed by atoms with Crippen LogP contribution in [-0.2, 0) is 9.53 Å². The van der Waals surface area contributed by atoms with Crippen LogP contribution in [0, 0.1) is 5.82 Å². The molecule has 0 aliphatic carbocycles. The third kappa shape index (κ3) is 5.37. The first kappa shape index (κ1) is 16.4. The number of anilines is 1. The molecule has 0 spiro atoms. The summed E-state index contributed by atoms with van der Waals surface area (Å²) in [7, 11) is 1.87. The van der Waals surface area contributed by atoms with Gasteiger partial charge >= 0.3 is 0 Å². The van der Waals surface area contributed by atoms with Crippen LogP contribution in [0.2, 0.25) is 0 Å². The molecule has 1 unspecified atom stereocenters. The van der Waals surface area contributed by atoms with E-state index in [1.165, 1.54) is 12.5 Å². The third-order valence-corrected chi connectivity index (χ3v) is 3.90. The molecule has 1 aromatic rings. The summed E-state index contributed by atoms with van der Waals surface area (Å²) in [6.07, 6.45) is 3.52. The minimum Gasteiger partial charge on any atom is -0.377 e. The van der Waals surface area contributed by atoms with E-state index >= 15 is 0 Å². The summed E-state index contributed by atoms with van der Waals surface area (Å²) in [5, 5.41) is 2.59. The predicted octanol–water partition coefficient (Wildman–Crippen LogP) is 3.03. The zero-order chi connectivity index (χ0) is 15.2. The SMILES string of the molecule is CN(CC(=O)Nc1ccc(Br)cc1F)CC1CCCCO1. The molecule has 1 heterocycles. The summed E-state index contributed by atoms with van der Waals surface area (Å²) in [4.78, 5) is 13.8. The molecule has 4 nitrogen and oxygen atoms in total. The third-order valence-electron chi connectivity index (χ3n) is 3.41. The highest BCUT2D eigenvalue weighted by molar-refractivity contribution is 9.10. The molecule has 0 saturated carbocycles. The second-order valence-corrected chi connectivity index (χ2v) is 6.27. The number of carbonyl (C=O) groups is 1. The fourth-order valence-electron chi connectivity index (χ4n) is 2.39. The van der Waals surface area contributed by atoms with Gasteiger partial charge in [-0.15, -0.1) is 0 Å². The highest BCUT2D eigenvalue weighted by atomic mass is 79.9. The number of benzene rings is 1. The maximum absolute atomic E-state index is 13.6. The molecule has 1 aliphatic heterocycles. The van der Waals surface area contributed by atoms with Gasteiger partial charge in [-0.1, -0.05) is 15.9 Å². The number of ether oxygens (including phenoxy) is 1. The number of rotatable bonds is 5. The van der Waals surface area contributed by atoms with Crippen LogP contribution in [0.15, 0.2) is 22.7 Å². The van der Waals surface area contributed by atoms with Crippen LogP contribution in [0.25, 0.3) is 0 Å². The summed E-state index contributed by atoms with van der Waals surface area (Å²) in [5.41, 5.74) is 0.200. The minimum absolute atomic E-state index is 0.195. The first-order chi connectivity index (χ1) is 10.0. The molecule has 1 atom stereocenters. The number of likely N-dealkylation sites (N-methyl/N-ethyl adjacent to an activating group) is 1. The number of nitrogens with one attached hydrogen (secondary N) is 1. The Balaban J connectivity index is 1.80. The van der Waals surface area contributed by atoms with E-state index in [4.69, 9.17) is 4.74 Å². The van der Waals surface area contributed by atoms with Crippen molar-refractivity contribution in [2.24, 2.45) is 0 Å². The summed E-state index contributed by atoms with van der Waals surface area (Å²) in [5.74, 6) is -0.675. The van der Waals surface area contributed by atoms with Crippen molar-refractivity contribution in [3.8, 4) is 0 Å². The Labute approximate surface area is 132 Å². The molecule has 1 aromatic carbocycles. The van der Waals surface area contributed by atoms with Crippen molar-refractivity contribution in [1.82, 2.24) is 4.90 Å². The molecule has 1 fully saturated rings. The van der Waals surface area contributed by atoms with Gasteiger partial charge in [0.2, 0.25) is 5.91 Å². The predicted molar refractivity (Wildman–Crippen MR) is 83.8 cm³/mol. The Kier molecular flexibility index (Phi) is 6.14. The molecule has 1 aliphatic rings. The Hall–Kier alpha value is -0.980. The van der Waals surface area contributed by atoms with Crippen molar-refractivity contribution < 1.29 is 13.9 Å². The second-order valence-electron chi connectivity index (χ2n) is 5.36. The van der Waals surface area contributed by atoms with Gasteiger partial charge in [0.05, 0.1) is 18.3 Å². The Bertz CT molecular complexity index is 493. The van der Waals surface area contributed by atoms with Crippen LogP contribution in [-0.4, -0.2) is 43.7 Å². The first-order valence-corrected chi connectivity index (χ1v) is 7.89. The lowest BCUT2D eigenvalue weighted by Gasteiger charge is -2.27. The van der Waals surface area contributed by atoms with Gasteiger partial charge in [0, 0.05) is 17.6 Å². The molecule has 116 valence electrons. The molecule has 0 aromatic heterocycles. The van der Waals surface area contributed by atoms with Crippen LogP contribution < -0.4 is 5.32 Å². The molecule has 0 radical (unpaired) electrons. The monoisotopic (exact) mass is 358 g/mol. The lowest BCUT2D eigenvalue weighted by atomic mass is 10.1. The molecule has 21 heavy (non-hydrogen) atoms. The Morgan fingerprint density at radius 1 is 1.52 bits per heavy atom. The largest absolute Gasteiger partial charge is 0.377 e. The number of nitrogens with zero attached hydrogens (tertiary/aromatic N) is 1. The van der Waals surface area contributed by atoms with Crippen LogP contribution in [0.1, 0.15) is 19.3 Å². The number of carbonyl (C=O) groups excluding carboxylic acids is 1. The van der Waals surface area contributed by atoms with Crippen LogP contribution >= 0.6 is 15.9 Å². The summed E-state index contributed by atoms with van der Waals surface area (Å²) in [6.45, 7) is 1.74. The summed E-state index contributed by atoms with van der Waals surface area (Å²) >= 11 is 3.18. The first-order valence-electron chi connectivity index (χ1n) is 7.09. The highest BCUT2D eigenvalue weighted by Gasteiger charge is 2.17. The number of hydrogen-bond acceptors (Lipinski definition) is 3. The molecule has 1 N–H and O–H groups in total. The van der Waals surface area contributed by atoms with Gasteiger partial charge in [-0.25, -0.2) is 4.39 Å². The van der Waals surface area contributed by atoms with Gasteiger partial charge in [-0.2, -0.15) is 0 Å². The minimum atomic E-state index is -0.448. The van der Waals surface area contributed by atoms with E-state index in [1.807, 2.05) is 11.9 Å². The van der Waals surface area contributed by atoms with Gasteiger partial charge in [0.15, 0.2) is 0 Å². The van der Waals surface area contributed by atoms with Crippen LogP contribution in [0.3, 0.4) is 0 Å². The molecule has 1 saturated heterocycles. The normalized spacial score (nSPS) is 18.8. The lowest BCUT2D eigenvalue weighted by Crippen LogP contribution is -2.38. The maximum Gasteiger partial charge on any atom is 0.238 e. The molecule has 6 heteroatoms. The zero-order valence-corrected chi connectivity index (χ0v) is 13.7. The Morgan fingerprint density at radius 3 is 3.00 bits per heavy atom. The van der Waals surface area contributed by atoms with E-state index in [9.17, 15) is 9.18 Å². The Morgan fingerprint density at radius 2 is 2.33 bits per heavy atom. The van der Waals surface area contributed by atoms with E-state index in [1.54, 1.807) is 12.1 Å². The maximum atomic E-state index is 13.6. The van der Waals surface area contributed by atoms with Crippen molar-refractivity contribution in [3.05, 3.63) is 28.5 Å². The van der Waals surface area contributed by atoms with Crippen molar-refractivity contribution in [2.75, 3.05) is 32.1 Å².